The van der Waals surface area contributed by atoms with Crippen molar-refractivity contribution in [1.82, 2.24) is 10.3 Å². The lowest BCUT2D eigenvalue weighted by molar-refractivity contribution is -0.134. The van der Waals surface area contributed by atoms with Crippen LogP contribution in [-0.2, 0) is 9.53 Å². The van der Waals surface area contributed by atoms with Gasteiger partial charge in [-0.25, -0.2) is 9.78 Å². The molecule has 0 aliphatic heterocycles. The highest BCUT2D eigenvalue weighted by atomic mass is 16.5. The van der Waals surface area contributed by atoms with E-state index in [0.29, 0.717) is 18.1 Å². The standard InChI is InChI=1S/C14H18N2O4/c1-4-20-14-11(8-7-10(2)16-14)13(18)15-9-5-6-12(17)19-3/h5-8H,4,9H2,1-3H3,(H,15,18)/b6-5+. The maximum atomic E-state index is 12.0. The Morgan fingerprint density at radius 1 is 1.40 bits per heavy atom. The van der Waals surface area contributed by atoms with Crippen molar-refractivity contribution < 1.29 is 19.1 Å². The Labute approximate surface area is 117 Å². The minimum absolute atomic E-state index is 0.216. The van der Waals surface area contributed by atoms with E-state index in [9.17, 15) is 9.59 Å². The summed E-state index contributed by atoms with van der Waals surface area (Å²) in [6, 6.07) is 3.40. The number of nitrogens with zero attached hydrogens (tertiary/aromatic N) is 1. The zero-order chi connectivity index (χ0) is 15.0. The number of hydrogen-bond acceptors (Lipinski definition) is 5. The summed E-state index contributed by atoms with van der Waals surface area (Å²) in [4.78, 5) is 27.0. The van der Waals surface area contributed by atoms with Crippen molar-refractivity contribution >= 4 is 11.9 Å². The zero-order valence-corrected chi connectivity index (χ0v) is 11.8. The fourth-order valence-electron chi connectivity index (χ4n) is 1.42. The van der Waals surface area contributed by atoms with E-state index in [1.54, 1.807) is 12.1 Å². The summed E-state index contributed by atoms with van der Waals surface area (Å²) in [6.45, 7) is 4.29. The van der Waals surface area contributed by atoms with E-state index >= 15 is 0 Å². The highest BCUT2D eigenvalue weighted by Crippen LogP contribution is 2.15. The molecule has 1 aromatic rings. The van der Waals surface area contributed by atoms with E-state index < -0.39 is 5.97 Å². The predicted octanol–water partition coefficient (Wildman–Crippen LogP) is 1.25. The second kappa shape index (κ2) is 7.93. The monoisotopic (exact) mass is 278 g/mol. The SMILES string of the molecule is CCOc1nc(C)ccc1C(=O)NC/C=C/C(=O)OC. The lowest BCUT2D eigenvalue weighted by Gasteiger charge is -2.09. The first kappa shape index (κ1) is 15.7. The second-order valence-corrected chi connectivity index (χ2v) is 3.87. The molecule has 0 spiro atoms. The molecule has 0 bridgehead atoms. The lowest BCUT2D eigenvalue weighted by atomic mass is 10.2. The van der Waals surface area contributed by atoms with Crippen LogP contribution in [0.15, 0.2) is 24.3 Å². The van der Waals surface area contributed by atoms with Gasteiger partial charge in [0, 0.05) is 18.3 Å². The molecule has 1 amide bonds. The van der Waals surface area contributed by atoms with Crippen LogP contribution in [0, 0.1) is 6.92 Å². The van der Waals surface area contributed by atoms with Crippen molar-refractivity contribution in [2.24, 2.45) is 0 Å². The second-order valence-electron chi connectivity index (χ2n) is 3.87. The van der Waals surface area contributed by atoms with Crippen molar-refractivity contribution in [3.8, 4) is 5.88 Å². The molecule has 1 aromatic heterocycles. The molecule has 0 unspecified atom stereocenters. The molecule has 20 heavy (non-hydrogen) atoms. The van der Waals surface area contributed by atoms with Crippen LogP contribution in [0.1, 0.15) is 23.0 Å². The van der Waals surface area contributed by atoms with E-state index in [1.165, 1.54) is 19.3 Å². The Hall–Kier alpha value is -2.37. The molecule has 1 heterocycles. The molecule has 0 aliphatic rings. The molecule has 108 valence electrons. The number of pyridine rings is 1. The normalized spacial score (nSPS) is 10.3. The molecule has 6 heteroatoms. The Morgan fingerprint density at radius 3 is 2.80 bits per heavy atom. The van der Waals surface area contributed by atoms with Crippen molar-refractivity contribution in [1.29, 1.82) is 0 Å². The number of rotatable bonds is 6. The van der Waals surface area contributed by atoms with Crippen LogP contribution in [-0.4, -0.2) is 37.1 Å². The van der Waals surface area contributed by atoms with Crippen LogP contribution in [0.2, 0.25) is 0 Å². The molecule has 0 aliphatic carbocycles. The largest absolute Gasteiger partial charge is 0.477 e. The van der Waals surface area contributed by atoms with Gasteiger partial charge >= 0.3 is 5.97 Å². The molecule has 0 saturated carbocycles. The van der Waals surface area contributed by atoms with Gasteiger partial charge in [-0.3, -0.25) is 4.79 Å². The Morgan fingerprint density at radius 2 is 2.15 bits per heavy atom. The van der Waals surface area contributed by atoms with Crippen LogP contribution in [0.4, 0.5) is 0 Å². The summed E-state index contributed by atoms with van der Waals surface area (Å²) < 4.78 is 9.77. The summed E-state index contributed by atoms with van der Waals surface area (Å²) >= 11 is 0. The molecule has 0 fully saturated rings. The fourth-order valence-corrected chi connectivity index (χ4v) is 1.42. The molecule has 6 nitrogen and oxygen atoms in total. The molecule has 0 radical (unpaired) electrons. The topological polar surface area (TPSA) is 77.5 Å². The van der Waals surface area contributed by atoms with Crippen molar-refractivity contribution in [2.45, 2.75) is 13.8 Å². The molecule has 0 aromatic carbocycles. The first-order valence-corrected chi connectivity index (χ1v) is 6.21. The first-order valence-electron chi connectivity index (χ1n) is 6.21. The van der Waals surface area contributed by atoms with E-state index in [0.717, 1.165) is 5.69 Å². The van der Waals surface area contributed by atoms with Crippen molar-refractivity contribution in [3.63, 3.8) is 0 Å². The van der Waals surface area contributed by atoms with Crippen LogP contribution in [0.25, 0.3) is 0 Å². The number of aromatic nitrogens is 1. The molecule has 0 saturated heterocycles. The Kier molecular flexibility index (Phi) is 6.22. The fraction of sp³-hybridized carbons (Fsp3) is 0.357. The van der Waals surface area contributed by atoms with Gasteiger partial charge in [-0.05, 0) is 26.0 Å². The summed E-state index contributed by atoms with van der Waals surface area (Å²) in [5.74, 6) is -0.469. The van der Waals surface area contributed by atoms with Crippen LogP contribution in [0.5, 0.6) is 5.88 Å². The van der Waals surface area contributed by atoms with Gasteiger partial charge in [0.25, 0.3) is 5.91 Å². The van der Waals surface area contributed by atoms with E-state index in [1.807, 2.05) is 13.8 Å². The number of esters is 1. The summed E-state index contributed by atoms with van der Waals surface area (Å²) in [6.07, 6.45) is 2.75. The number of methoxy groups -OCH3 is 1. The summed E-state index contributed by atoms with van der Waals surface area (Å²) in [7, 11) is 1.29. The van der Waals surface area contributed by atoms with Gasteiger partial charge < -0.3 is 14.8 Å². The number of carbonyl (C=O) groups is 2. The van der Waals surface area contributed by atoms with Crippen LogP contribution in [0.3, 0.4) is 0 Å². The molecular weight excluding hydrogens is 260 g/mol. The van der Waals surface area contributed by atoms with E-state index in [-0.39, 0.29) is 12.5 Å². The summed E-state index contributed by atoms with van der Waals surface area (Å²) in [5.41, 5.74) is 1.14. The minimum Gasteiger partial charge on any atom is -0.477 e. The molecule has 0 atom stereocenters. The number of amides is 1. The lowest BCUT2D eigenvalue weighted by Crippen LogP contribution is -2.24. The molecule has 1 N–H and O–H groups in total. The van der Waals surface area contributed by atoms with Gasteiger partial charge in [0.1, 0.15) is 5.56 Å². The van der Waals surface area contributed by atoms with Gasteiger partial charge in [0.05, 0.1) is 13.7 Å². The number of carbonyl (C=O) groups excluding carboxylic acids is 2. The third-order valence-electron chi connectivity index (χ3n) is 2.36. The number of hydrogen-bond donors (Lipinski definition) is 1. The van der Waals surface area contributed by atoms with Crippen LogP contribution < -0.4 is 10.1 Å². The van der Waals surface area contributed by atoms with Gasteiger partial charge in [0.15, 0.2) is 0 Å². The maximum Gasteiger partial charge on any atom is 0.330 e. The average molecular weight is 278 g/mol. The number of ether oxygens (including phenoxy) is 2. The quantitative estimate of drug-likeness (QED) is 0.626. The molecule has 1 rings (SSSR count). The average Bonchev–Trinajstić information content (AvgIpc) is 2.43. The smallest absolute Gasteiger partial charge is 0.330 e. The van der Waals surface area contributed by atoms with Crippen molar-refractivity contribution in [3.05, 3.63) is 35.5 Å². The third kappa shape index (κ3) is 4.72. The maximum absolute atomic E-state index is 12.0. The Bertz CT molecular complexity index is 512. The third-order valence-corrected chi connectivity index (χ3v) is 2.36. The predicted molar refractivity (Wildman–Crippen MR) is 73.6 cm³/mol. The molecular formula is C14H18N2O4. The van der Waals surface area contributed by atoms with Gasteiger partial charge in [-0.1, -0.05) is 6.08 Å². The van der Waals surface area contributed by atoms with Gasteiger partial charge in [-0.15, -0.1) is 0 Å². The van der Waals surface area contributed by atoms with Gasteiger partial charge in [0.2, 0.25) is 5.88 Å². The van der Waals surface area contributed by atoms with Gasteiger partial charge in [-0.2, -0.15) is 0 Å². The number of aryl methyl sites for hydroxylation is 1. The van der Waals surface area contributed by atoms with Crippen molar-refractivity contribution in [2.75, 3.05) is 20.3 Å². The Balaban J connectivity index is 2.67. The first-order chi connectivity index (χ1) is 9.58. The zero-order valence-electron chi connectivity index (χ0n) is 11.8. The number of nitrogens with one attached hydrogen (secondary N) is 1. The van der Waals surface area contributed by atoms with E-state index in [4.69, 9.17) is 4.74 Å². The van der Waals surface area contributed by atoms with E-state index in [2.05, 4.69) is 15.0 Å². The minimum atomic E-state index is -0.466. The van der Waals surface area contributed by atoms with Crippen LogP contribution >= 0.6 is 0 Å². The summed E-state index contributed by atoms with van der Waals surface area (Å²) in [5, 5.41) is 2.64. The highest BCUT2D eigenvalue weighted by Gasteiger charge is 2.13. The highest BCUT2D eigenvalue weighted by molar-refractivity contribution is 5.96.